The Labute approximate surface area is 132 Å². The molecule has 0 fully saturated rings. The molecule has 0 amide bonds. The molecule has 24 heavy (non-hydrogen) atoms. The average molecular weight is 335 g/mol. The maximum absolute atomic E-state index is 13.1. The highest BCUT2D eigenvalue weighted by molar-refractivity contribution is 6.12. The van der Waals surface area contributed by atoms with Crippen LogP contribution in [0, 0.1) is 16.7 Å². The van der Waals surface area contributed by atoms with E-state index in [-0.39, 0.29) is 35.4 Å². The van der Waals surface area contributed by atoms with E-state index in [9.17, 15) is 13.2 Å². The minimum Gasteiger partial charge on any atom is -0.396 e. The Morgan fingerprint density at radius 1 is 1.33 bits per heavy atom. The molecule has 2 aromatic rings. The van der Waals surface area contributed by atoms with Crippen molar-refractivity contribution in [2.75, 3.05) is 5.73 Å². The highest BCUT2D eigenvalue weighted by Gasteiger charge is 2.39. The molecule has 3 heterocycles. The van der Waals surface area contributed by atoms with Crippen molar-refractivity contribution >= 4 is 28.4 Å². The molecule has 0 aromatic carbocycles. The van der Waals surface area contributed by atoms with Crippen molar-refractivity contribution in [3.8, 4) is 6.07 Å². The fourth-order valence-electron chi connectivity index (χ4n) is 2.30. The number of aliphatic imine (C=N–C) groups is 1. The molecule has 0 saturated heterocycles. The number of alkyl halides is 3. The second kappa shape index (κ2) is 5.41. The quantitative estimate of drug-likeness (QED) is 0.752. The van der Waals surface area contributed by atoms with E-state index in [1.807, 2.05) is 0 Å². The number of hydrogen-bond acceptors (Lipinski definition) is 7. The molecular formula is C13H8F3N7O. The van der Waals surface area contributed by atoms with E-state index >= 15 is 0 Å². The van der Waals surface area contributed by atoms with Crippen LogP contribution in [0.25, 0.3) is 11.2 Å². The van der Waals surface area contributed by atoms with Crippen LogP contribution in [0.4, 0.5) is 18.9 Å². The van der Waals surface area contributed by atoms with Gasteiger partial charge >= 0.3 is 6.18 Å². The number of anilines is 1. The predicted octanol–water partition coefficient (Wildman–Crippen LogP) is 1.73. The number of rotatable bonds is 0. The first-order valence-electron chi connectivity index (χ1n) is 6.54. The number of hydrogen-bond donors (Lipinski definition) is 2. The Morgan fingerprint density at radius 3 is 2.75 bits per heavy atom. The first-order valence-corrected chi connectivity index (χ1v) is 6.54. The maximum atomic E-state index is 13.1. The van der Waals surface area contributed by atoms with Gasteiger partial charge in [-0.1, -0.05) is 6.08 Å². The van der Waals surface area contributed by atoms with Crippen molar-refractivity contribution in [3.63, 3.8) is 0 Å². The van der Waals surface area contributed by atoms with E-state index in [1.54, 1.807) is 0 Å². The lowest BCUT2D eigenvalue weighted by atomic mass is 10.0. The van der Waals surface area contributed by atoms with Gasteiger partial charge in [-0.25, -0.2) is 14.6 Å². The van der Waals surface area contributed by atoms with Crippen molar-refractivity contribution in [3.05, 3.63) is 22.9 Å². The number of aromatic nitrogens is 3. The number of nitrogens with zero attached hydrogens (tertiary/aromatic N) is 5. The number of nitrogens with two attached hydrogens (primary N) is 1. The van der Waals surface area contributed by atoms with Crippen LogP contribution in [0.2, 0.25) is 0 Å². The number of halogens is 3. The van der Waals surface area contributed by atoms with E-state index in [0.717, 1.165) is 6.08 Å². The van der Waals surface area contributed by atoms with Crippen molar-refractivity contribution in [1.29, 1.82) is 10.7 Å². The van der Waals surface area contributed by atoms with Gasteiger partial charge in [-0.15, -0.1) is 0 Å². The van der Waals surface area contributed by atoms with Gasteiger partial charge in [0.2, 0.25) is 5.65 Å². The maximum Gasteiger partial charge on any atom is 0.434 e. The average Bonchev–Trinajstić information content (AvgIpc) is 2.98. The predicted molar refractivity (Wildman–Crippen MR) is 76.3 cm³/mol. The van der Waals surface area contributed by atoms with E-state index in [2.05, 4.69) is 24.9 Å². The Morgan fingerprint density at radius 2 is 2.08 bits per heavy atom. The topological polar surface area (TPSA) is 138 Å². The summed E-state index contributed by atoms with van der Waals surface area (Å²) >= 11 is 0. The monoisotopic (exact) mass is 335 g/mol. The summed E-state index contributed by atoms with van der Waals surface area (Å²) in [6.45, 7) is 0. The summed E-state index contributed by atoms with van der Waals surface area (Å²) in [6, 6.07) is 1.46. The molecule has 11 heteroatoms. The van der Waals surface area contributed by atoms with Gasteiger partial charge < -0.3 is 5.73 Å². The van der Waals surface area contributed by atoms with Crippen molar-refractivity contribution in [2.45, 2.75) is 19.0 Å². The first-order chi connectivity index (χ1) is 11.3. The van der Waals surface area contributed by atoms with Crippen molar-refractivity contribution < 1.29 is 17.8 Å². The molecule has 0 saturated carbocycles. The SMILES string of the molecule is N#CC1=CCc2nc3nonc3c(N)c2CC(=N)N=C1C(F)(F)F. The standard InChI is InChI=1S/C13H8F3N7O/c14-13(15,16)11-5(4-17)1-2-7-6(3-8(18)21-11)9(19)10-12(20-7)23-24-22-10/h1,18H,2-3,19H2. The lowest BCUT2D eigenvalue weighted by Gasteiger charge is -2.09. The number of nitriles is 1. The lowest BCUT2D eigenvalue weighted by molar-refractivity contribution is -0.0579. The number of pyridine rings is 1. The molecule has 3 N–H and O–H groups in total. The summed E-state index contributed by atoms with van der Waals surface area (Å²) in [5, 5.41) is 23.9. The third-order valence-corrected chi connectivity index (χ3v) is 3.38. The molecule has 8 nitrogen and oxygen atoms in total. The third-order valence-electron chi connectivity index (χ3n) is 3.38. The van der Waals surface area contributed by atoms with Crippen molar-refractivity contribution in [2.24, 2.45) is 4.99 Å². The van der Waals surface area contributed by atoms with E-state index in [1.165, 1.54) is 6.07 Å². The molecule has 3 rings (SSSR count). The summed E-state index contributed by atoms with van der Waals surface area (Å²) in [7, 11) is 0. The zero-order valence-electron chi connectivity index (χ0n) is 11.8. The Balaban J connectivity index is 2.21. The van der Waals surface area contributed by atoms with Crippen LogP contribution in [-0.4, -0.2) is 33.0 Å². The second-order valence-electron chi connectivity index (χ2n) is 4.90. The molecule has 122 valence electrons. The molecule has 2 aromatic heterocycles. The van der Waals surface area contributed by atoms with E-state index in [4.69, 9.17) is 16.4 Å². The molecule has 0 bridgehead atoms. The fourth-order valence-corrected chi connectivity index (χ4v) is 2.30. The number of amidine groups is 1. The van der Waals surface area contributed by atoms with Crippen LogP contribution in [0.1, 0.15) is 11.3 Å². The highest BCUT2D eigenvalue weighted by Crippen LogP contribution is 2.28. The molecule has 0 unspecified atom stereocenters. The summed E-state index contributed by atoms with van der Waals surface area (Å²) < 4.78 is 43.8. The molecule has 0 aliphatic carbocycles. The van der Waals surface area contributed by atoms with E-state index < -0.39 is 23.3 Å². The van der Waals surface area contributed by atoms with Gasteiger partial charge in [0, 0.05) is 18.4 Å². The van der Waals surface area contributed by atoms with Gasteiger partial charge in [-0.3, -0.25) is 5.41 Å². The highest BCUT2D eigenvalue weighted by atomic mass is 19.4. The smallest absolute Gasteiger partial charge is 0.396 e. The largest absolute Gasteiger partial charge is 0.434 e. The van der Waals surface area contributed by atoms with Gasteiger partial charge in [0.05, 0.1) is 17.0 Å². The minimum atomic E-state index is -4.86. The molecule has 0 atom stereocenters. The normalized spacial score (nSPS) is 15.7. The molecule has 0 radical (unpaired) electrons. The zero-order chi connectivity index (χ0) is 17.5. The van der Waals surface area contributed by atoms with Gasteiger partial charge in [-0.05, 0) is 10.3 Å². The number of fused-ring (bicyclic) bond motifs is 2. The number of allylic oxidation sites excluding steroid dienone is 2. The Kier molecular flexibility index (Phi) is 3.52. The Hall–Kier alpha value is -3.29. The van der Waals surface area contributed by atoms with Gasteiger partial charge in [-0.2, -0.15) is 18.4 Å². The van der Waals surface area contributed by atoms with Crippen LogP contribution in [0.3, 0.4) is 0 Å². The summed E-state index contributed by atoms with van der Waals surface area (Å²) in [5.41, 5.74) is 4.82. The van der Waals surface area contributed by atoms with Crippen LogP contribution in [0.5, 0.6) is 0 Å². The molecule has 1 aliphatic rings. The minimum absolute atomic E-state index is 0.0981. The molecule has 1 aliphatic heterocycles. The lowest BCUT2D eigenvalue weighted by Crippen LogP contribution is -2.26. The van der Waals surface area contributed by atoms with Gasteiger partial charge in [0.25, 0.3) is 0 Å². The van der Waals surface area contributed by atoms with Crippen LogP contribution in [-0.2, 0) is 12.8 Å². The zero-order valence-corrected chi connectivity index (χ0v) is 11.8. The second-order valence-corrected chi connectivity index (χ2v) is 4.90. The van der Waals surface area contributed by atoms with Crippen molar-refractivity contribution in [1.82, 2.24) is 15.3 Å². The van der Waals surface area contributed by atoms with Gasteiger partial charge in [0.15, 0.2) is 11.2 Å². The van der Waals surface area contributed by atoms with Crippen LogP contribution >= 0.6 is 0 Å². The van der Waals surface area contributed by atoms with E-state index in [0.29, 0.717) is 5.56 Å². The Bertz CT molecular complexity index is 949. The van der Waals surface area contributed by atoms with Crippen LogP contribution in [0.15, 0.2) is 21.3 Å². The first kappa shape index (κ1) is 15.6. The molecular weight excluding hydrogens is 327 g/mol. The third kappa shape index (κ3) is 2.58. The van der Waals surface area contributed by atoms with Crippen LogP contribution < -0.4 is 5.73 Å². The summed E-state index contributed by atoms with van der Waals surface area (Å²) in [5.74, 6) is -0.601. The summed E-state index contributed by atoms with van der Waals surface area (Å²) in [6.07, 6.45) is -4.20. The fraction of sp³-hybridized carbons (Fsp3) is 0.231. The number of nitrogen functional groups attached to an aromatic ring is 1. The van der Waals surface area contributed by atoms with Gasteiger partial charge in [0.1, 0.15) is 11.9 Å². The number of nitrogens with one attached hydrogen (secondary N) is 1. The molecule has 0 spiro atoms. The summed E-state index contributed by atoms with van der Waals surface area (Å²) in [4.78, 5) is 7.41.